The summed E-state index contributed by atoms with van der Waals surface area (Å²) < 4.78 is 5.39. The van der Waals surface area contributed by atoms with E-state index in [1.807, 2.05) is 18.2 Å². The average Bonchev–Trinajstić information content (AvgIpc) is 2.84. The van der Waals surface area contributed by atoms with Gasteiger partial charge in [-0.2, -0.15) is 4.98 Å². The van der Waals surface area contributed by atoms with E-state index in [9.17, 15) is 0 Å². The van der Waals surface area contributed by atoms with Crippen molar-refractivity contribution < 1.29 is 4.52 Å². The highest BCUT2D eigenvalue weighted by Gasteiger charge is 2.29. The SMILES string of the molecule is CC(C)(c1ccccc1)c1noc(CC2CNC2)n1. The zero-order chi connectivity index (χ0) is 13.3. The molecule has 1 aliphatic heterocycles. The summed E-state index contributed by atoms with van der Waals surface area (Å²) in [6.45, 7) is 6.36. The van der Waals surface area contributed by atoms with Crippen molar-refractivity contribution in [1.82, 2.24) is 15.5 Å². The summed E-state index contributed by atoms with van der Waals surface area (Å²) in [6, 6.07) is 10.3. The van der Waals surface area contributed by atoms with E-state index in [0.29, 0.717) is 5.92 Å². The Labute approximate surface area is 113 Å². The highest BCUT2D eigenvalue weighted by atomic mass is 16.5. The molecule has 0 unspecified atom stereocenters. The Morgan fingerprint density at radius 3 is 2.63 bits per heavy atom. The zero-order valence-corrected chi connectivity index (χ0v) is 11.4. The number of hydrogen-bond acceptors (Lipinski definition) is 4. The van der Waals surface area contributed by atoms with Crippen LogP contribution in [-0.4, -0.2) is 23.2 Å². The van der Waals surface area contributed by atoms with E-state index in [-0.39, 0.29) is 5.41 Å². The van der Waals surface area contributed by atoms with Crippen LogP contribution in [-0.2, 0) is 11.8 Å². The fourth-order valence-electron chi connectivity index (χ4n) is 2.32. The van der Waals surface area contributed by atoms with Gasteiger partial charge in [0, 0.05) is 6.42 Å². The molecular formula is C15H19N3O. The topological polar surface area (TPSA) is 51.0 Å². The van der Waals surface area contributed by atoms with Gasteiger partial charge in [0.1, 0.15) is 0 Å². The fraction of sp³-hybridized carbons (Fsp3) is 0.467. The van der Waals surface area contributed by atoms with Crippen molar-refractivity contribution in [2.75, 3.05) is 13.1 Å². The van der Waals surface area contributed by atoms with Crippen LogP contribution in [0.15, 0.2) is 34.9 Å². The number of nitrogens with zero attached hydrogens (tertiary/aromatic N) is 2. The third-order valence-corrected chi connectivity index (χ3v) is 3.85. The summed E-state index contributed by atoms with van der Waals surface area (Å²) in [5.74, 6) is 2.17. The maximum Gasteiger partial charge on any atom is 0.227 e. The Hall–Kier alpha value is -1.68. The van der Waals surface area contributed by atoms with Crippen LogP contribution in [0, 0.1) is 5.92 Å². The van der Waals surface area contributed by atoms with Gasteiger partial charge in [0.25, 0.3) is 0 Å². The van der Waals surface area contributed by atoms with Crippen LogP contribution in [0.3, 0.4) is 0 Å². The molecule has 1 fully saturated rings. The maximum absolute atomic E-state index is 5.39. The molecule has 1 aromatic carbocycles. The van der Waals surface area contributed by atoms with Crippen molar-refractivity contribution in [2.24, 2.45) is 5.92 Å². The molecule has 0 atom stereocenters. The van der Waals surface area contributed by atoms with Crippen LogP contribution in [0.2, 0.25) is 0 Å². The molecule has 19 heavy (non-hydrogen) atoms. The van der Waals surface area contributed by atoms with E-state index in [1.54, 1.807) is 0 Å². The normalized spacial score (nSPS) is 16.3. The summed E-state index contributed by atoms with van der Waals surface area (Å²) in [5, 5.41) is 7.42. The molecule has 1 aliphatic rings. The molecule has 0 amide bonds. The Morgan fingerprint density at radius 2 is 2.00 bits per heavy atom. The number of nitrogens with one attached hydrogen (secondary N) is 1. The summed E-state index contributed by atoms with van der Waals surface area (Å²) in [5.41, 5.74) is 0.980. The summed E-state index contributed by atoms with van der Waals surface area (Å²) in [4.78, 5) is 4.57. The molecule has 100 valence electrons. The Bertz CT molecular complexity index is 544. The van der Waals surface area contributed by atoms with Gasteiger partial charge in [0.15, 0.2) is 5.82 Å². The van der Waals surface area contributed by atoms with Crippen molar-refractivity contribution in [2.45, 2.75) is 25.7 Å². The minimum Gasteiger partial charge on any atom is -0.339 e. The second kappa shape index (κ2) is 4.78. The van der Waals surface area contributed by atoms with Gasteiger partial charge < -0.3 is 9.84 Å². The Balaban J connectivity index is 1.81. The lowest BCUT2D eigenvalue weighted by atomic mass is 9.84. The first-order chi connectivity index (χ1) is 9.16. The number of hydrogen-bond donors (Lipinski definition) is 1. The molecule has 0 saturated carbocycles. The highest BCUT2D eigenvalue weighted by molar-refractivity contribution is 5.30. The lowest BCUT2D eigenvalue weighted by Crippen LogP contribution is -2.43. The molecule has 1 saturated heterocycles. The zero-order valence-electron chi connectivity index (χ0n) is 11.4. The van der Waals surface area contributed by atoms with E-state index in [4.69, 9.17) is 4.52 Å². The van der Waals surface area contributed by atoms with E-state index in [2.05, 4.69) is 41.4 Å². The predicted octanol–water partition coefficient (Wildman–Crippen LogP) is 2.16. The average molecular weight is 257 g/mol. The van der Waals surface area contributed by atoms with Gasteiger partial charge in [0.2, 0.25) is 5.89 Å². The van der Waals surface area contributed by atoms with Gasteiger partial charge in [-0.3, -0.25) is 0 Å². The first-order valence-electron chi connectivity index (χ1n) is 6.75. The summed E-state index contributed by atoms with van der Waals surface area (Å²) >= 11 is 0. The minimum atomic E-state index is -0.221. The summed E-state index contributed by atoms with van der Waals surface area (Å²) in [6.07, 6.45) is 0.880. The molecule has 2 aromatic rings. The van der Waals surface area contributed by atoms with Crippen molar-refractivity contribution in [1.29, 1.82) is 0 Å². The Kier molecular flexibility index (Phi) is 3.11. The first-order valence-corrected chi connectivity index (χ1v) is 6.75. The molecule has 3 rings (SSSR count). The second-order valence-electron chi connectivity index (χ2n) is 5.73. The molecule has 4 heteroatoms. The number of aromatic nitrogens is 2. The van der Waals surface area contributed by atoms with E-state index in [1.165, 1.54) is 5.56 Å². The molecule has 0 aliphatic carbocycles. The smallest absolute Gasteiger partial charge is 0.227 e. The molecule has 4 nitrogen and oxygen atoms in total. The van der Waals surface area contributed by atoms with E-state index in [0.717, 1.165) is 31.2 Å². The van der Waals surface area contributed by atoms with Crippen LogP contribution in [0.25, 0.3) is 0 Å². The first kappa shape index (κ1) is 12.4. The maximum atomic E-state index is 5.39. The largest absolute Gasteiger partial charge is 0.339 e. The monoisotopic (exact) mass is 257 g/mol. The second-order valence-corrected chi connectivity index (χ2v) is 5.73. The van der Waals surface area contributed by atoms with Gasteiger partial charge in [-0.1, -0.05) is 35.5 Å². The molecule has 0 bridgehead atoms. The van der Waals surface area contributed by atoms with Gasteiger partial charge >= 0.3 is 0 Å². The van der Waals surface area contributed by atoms with Crippen LogP contribution in [0.4, 0.5) is 0 Å². The molecule has 2 heterocycles. The predicted molar refractivity (Wildman–Crippen MR) is 72.9 cm³/mol. The van der Waals surface area contributed by atoms with Crippen LogP contribution in [0.5, 0.6) is 0 Å². The van der Waals surface area contributed by atoms with Gasteiger partial charge in [-0.05, 0) is 38.4 Å². The molecule has 1 aromatic heterocycles. The third kappa shape index (κ3) is 2.40. The fourth-order valence-corrected chi connectivity index (χ4v) is 2.32. The summed E-state index contributed by atoms with van der Waals surface area (Å²) in [7, 11) is 0. The molecule has 1 N–H and O–H groups in total. The molecule has 0 spiro atoms. The van der Waals surface area contributed by atoms with Crippen LogP contribution in [0.1, 0.15) is 31.1 Å². The van der Waals surface area contributed by atoms with Crippen molar-refractivity contribution in [3.8, 4) is 0 Å². The minimum absolute atomic E-state index is 0.221. The quantitative estimate of drug-likeness (QED) is 0.912. The van der Waals surface area contributed by atoms with Crippen LogP contribution >= 0.6 is 0 Å². The molecular weight excluding hydrogens is 238 g/mol. The van der Waals surface area contributed by atoms with Gasteiger partial charge in [0.05, 0.1) is 5.41 Å². The highest BCUT2D eigenvalue weighted by Crippen LogP contribution is 2.29. The number of benzene rings is 1. The van der Waals surface area contributed by atoms with Gasteiger partial charge in [-0.15, -0.1) is 0 Å². The lowest BCUT2D eigenvalue weighted by Gasteiger charge is -2.25. The van der Waals surface area contributed by atoms with Crippen molar-refractivity contribution in [3.63, 3.8) is 0 Å². The third-order valence-electron chi connectivity index (χ3n) is 3.85. The van der Waals surface area contributed by atoms with Crippen molar-refractivity contribution >= 4 is 0 Å². The van der Waals surface area contributed by atoms with Crippen molar-refractivity contribution in [3.05, 3.63) is 47.6 Å². The lowest BCUT2D eigenvalue weighted by molar-refractivity contribution is 0.294. The van der Waals surface area contributed by atoms with Crippen LogP contribution < -0.4 is 5.32 Å². The van der Waals surface area contributed by atoms with E-state index >= 15 is 0 Å². The standard InChI is InChI=1S/C15H19N3O/c1-15(2,12-6-4-3-5-7-12)14-17-13(19-18-14)8-11-9-16-10-11/h3-7,11,16H,8-10H2,1-2H3. The van der Waals surface area contributed by atoms with E-state index < -0.39 is 0 Å². The van der Waals surface area contributed by atoms with Gasteiger partial charge in [-0.25, -0.2) is 0 Å². The Morgan fingerprint density at radius 1 is 1.26 bits per heavy atom. The number of rotatable bonds is 4. The molecule has 0 radical (unpaired) electrons.